The number of benzene rings is 1. The zero-order chi connectivity index (χ0) is 23.1. The van der Waals surface area contributed by atoms with Gasteiger partial charge < -0.3 is 10.4 Å². The Morgan fingerprint density at radius 3 is 2.81 bits per heavy atom. The molecule has 3 atom stereocenters. The van der Waals surface area contributed by atoms with Crippen molar-refractivity contribution in [2.75, 3.05) is 13.6 Å². The maximum atomic E-state index is 13.5. The molecule has 8 nitrogen and oxygen atoms in total. The number of carbonyl (C=O) groups excluding carboxylic acids is 2. The van der Waals surface area contributed by atoms with Crippen LogP contribution in [0.2, 0.25) is 0 Å². The van der Waals surface area contributed by atoms with Gasteiger partial charge in [0, 0.05) is 30.5 Å². The van der Waals surface area contributed by atoms with Gasteiger partial charge in [-0.05, 0) is 37.7 Å². The number of carboxylic acids is 1. The average molecular weight is 459 g/mol. The number of carbonyl (C=O) groups is 3. The van der Waals surface area contributed by atoms with Gasteiger partial charge in [-0.25, -0.2) is 10.4 Å². The van der Waals surface area contributed by atoms with Crippen LogP contribution in [-0.4, -0.2) is 52.5 Å². The summed E-state index contributed by atoms with van der Waals surface area (Å²) in [5, 5.41) is 15.5. The van der Waals surface area contributed by atoms with Crippen molar-refractivity contribution in [3.63, 3.8) is 0 Å². The summed E-state index contributed by atoms with van der Waals surface area (Å²) in [7, 11) is 1.55. The van der Waals surface area contributed by atoms with Gasteiger partial charge in [-0.1, -0.05) is 31.2 Å². The number of thiazole rings is 1. The number of amides is 2. The van der Waals surface area contributed by atoms with E-state index in [1.807, 2.05) is 29.6 Å². The molecule has 1 aromatic heterocycles. The Balaban J connectivity index is 1.81. The average Bonchev–Trinajstić information content (AvgIpc) is 3.35. The van der Waals surface area contributed by atoms with Gasteiger partial charge in [-0.3, -0.25) is 19.4 Å². The van der Waals surface area contributed by atoms with Crippen LogP contribution in [0.25, 0.3) is 11.3 Å². The Kier molecular flexibility index (Phi) is 8.35. The summed E-state index contributed by atoms with van der Waals surface area (Å²) in [6, 6.07) is 7.35. The predicted molar refractivity (Wildman–Crippen MR) is 123 cm³/mol. The minimum Gasteiger partial charge on any atom is -0.481 e. The number of aliphatic carboxylic acids is 1. The number of aryl methyl sites for hydroxylation is 1. The monoisotopic (exact) mass is 458 g/mol. The number of hydrogen-bond acceptors (Lipinski definition) is 6. The SMILES string of the molecule is CNC(=O)C1CCCNN1C(=O)C(CCc1ccccc1-c1cscn1)CC(C)C(=O)O. The van der Waals surface area contributed by atoms with E-state index in [9.17, 15) is 19.5 Å². The fourth-order valence-corrected chi connectivity index (χ4v) is 4.66. The summed E-state index contributed by atoms with van der Waals surface area (Å²) in [5.41, 5.74) is 7.83. The Morgan fingerprint density at radius 2 is 2.12 bits per heavy atom. The van der Waals surface area contributed by atoms with E-state index in [4.69, 9.17) is 0 Å². The van der Waals surface area contributed by atoms with E-state index in [2.05, 4.69) is 15.7 Å². The van der Waals surface area contributed by atoms with Crippen molar-refractivity contribution in [2.45, 2.75) is 45.1 Å². The van der Waals surface area contributed by atoms with Crippen LogP contribution < -0.4 is 10.7 Å². The third-order valence-electron chi connectivity index (χ3n) is 5.93. The maximum Gasteiger partial charge on any atom is 0.306 e. The van der Waals surface area contributed by atoms with Gasteiger partial charge in [0.25, 0.3) is 0 Å². The van der Waals surface area contributed by atoms with E-state index < -0.39 is 23.8 Å². The van der Waals surface area contributed by atoms with Gasteiger partial charge in [0.2, 0.25) is 11.8 Å². The largest absolute Gasteiger partial charge is 0.481 e. The van der Waals surface area contributed by atoms with Gasteiger partial charge in [0.15, 0.2) is 0 Å². The number of hydrogen-bond donors (Lipinski definition) is 3. The number of carboxylic acid groups (broad SMARTS) is 1. The first-order chi connectivity index (χ1) is 15.4. The molecule has 1 aliphatic heterocycles. The molecule has 1 aliphatic rings. The van der Waals surface area contributed by atoms with Gasteiger partial charge in [0.05, 0.1) is 17.1 Å². The zero-order valence-corrected chi connectivity index (χ0v) is 19.2. The minimum atomic E-state index is -0.930. The molecule has 2 amide bonds. The molecule has 32 heavy (non-hydrogen) atoms. The highest BCUT2D eigenvalue weighted by Gasteiger charge is 2.36. The summed E-state index contributed by atoms with van der Waals surface area (Å²) in [4.78, 5) is 41.8. The van der Waals surface area contributed by atoms with E-state index >= 15 is 0 Å². The van der Waals surface area contributed by atoms with Crippen LogP contribution in [0, 0.1) is 11.8 Å². The van der Waals surface area contributed by atoms with Crippen molar-refractivity contribution < 1.29 is 19.5 Å². The maximum absolute atomic E-state index is 13.5. The Hall–Kier alpha value is -2.78. The smallest absolute Gasteiger partial charge is 0.306 e. The molecule has 172 valence electrons. The lowest BCUT2D eigenvalue weighted by Crippen LogP contribution is -2.59. The second-order valence-electron chi connectivity index (χ2n) is 8.13. The number of likely N-dealkylation sites (N-methyl/N-ethyl adjacent to an activating group) is 1. The lowest BCUT2D eigenvalue weighted by atomic mass is 9.88. The first-order valence-electron chi connectivity index (χ1n) is 10.9. The standard InChI is InChI=1S/C23H30N4O4S/c1-15(23(30)31)12-17(22(29)27-20(21(28)24-2)8-5-11-26-27)10-9-16-6-3-4-7-18(16)19-13-32-14-25-19/h3-4,6-7,13-15,17,20,26H,5,8-12H2,1-2H3,(H,24,28)(H,30,31). The van der Waals surface area contributed by atoms with Gasteiger partial charge in [-0.2, -0.15) is 0 Å². The van der Waals surface area contributed by atoms with E-state index in [0.717, 1.165) is 23.2 Å². The zero-order valence-electron chi connectivity index (χ0n) is 18.4. The summed E-state index contributed by atoms with van der Waals surface area (Å²) >= 11 is 1.52. The van der Waals surface area contributed by atoms with Crippen molar-refractivity contribution in [1.82, 2.24) is 20.7 Å². The molecule has 0 spiro atoms. The number of nitrogens with one attached hydrogen (secondary N) is 2. The van der Waals surface area contributed by atoms with E-state index in [0.29, 0.717) is 25.8 Å². The molecule has 2 aromatic rings. The molecule has 1 fully saturated rings. The highest BCUT2D eigenvalue weighted by Crippen LogP contribution is 2.28. The van der Waals surface area contributed by atoms with Crippen LogP contribution in [0.1, 0.15) is 38.2 Å². The topological polar surface area (TPSA) is 112 Å². The fraction of sp³-hybridized carbons (Fsp3) is 0.478. The van der Waals surface area contributed by atoms with E-state index in [1.165, 1.54) is 16.3 Å². The molecule has 0 radical (unpaired) electrons. The Bertz CT molecular complexity index is 934. The second-order valence-corrected chi connectivity index (χ2v) is 8.85. The first kappa shape index (κ1) is 23.9. The quantitative estimate of drug-likeness (QED) is 0.533. The molecular weight excluding hydrogens is 428 g/mol. The molecule has 9 heteroatoms. The number of hydrazine groups is 1. The third kappa shape index (κ3) is 5.72. The van der Waals surface area contributed by atoms with Crippen molar-refractivity contribution in [2.24, 2.45) is 11.8 Å². The van der Waals surface area contributed by atoms with E-state index in [1.54, 1.807) is 19.5 Å². The minimum absolute atomic E-state index is 0.214. The molecule has 3 rings (SSSR count). The van der Waals surface area contributed by atoms with Crippen LogP contribution in [0.5, 0.6) is 0 Å². The van der Waals surface area contributed by atoms with Crippen molar-refractivity contribution >= 4 is 29.1 Å². The molecular formula is C23H30N4O4S. The summed E-state index contributed by atoms with van der Waals surface area (Å²) in [6.45, 7) is 2.22. The van der Waals surface area contributed by atoms with Crippen LogP contribution in [0.4, 0.5) is 0 Å². The lowest BCUT2D eigenvalue weighted by Gasteiger charge is -2.37. The second kappa shape index (κ2) is 11.2. The molecule has 0 aliphatic carbocycles. The van der Waals surface area contributed by atoms with Crippen molar-refractivity contribution in [3.8, 4) is 11.3 Å². The summed E-state index contributed by atoms with van der Waals surface area (Å²) in [6.07, 6.45) is 2.67. The highest BCUT2D eigenvalue weighted by molar-refractivity contribution is 7.07. The molecule has 1 aromatic carbocycles. The molecule has 3 N–H and O–H groups in total. The van der Waals surface area contributed by atoms with Crippen LogP contribution >= 0.6 is 11.3 Å². The molecule has 3 unspecified atom stereocenters. The molecule has 1 saturated heterocycles. The number of rotatable bonds is 9. The first-order valence-corrected chi connectivity index (χ1v) is 11.8. The van der Waals surface area contributed by atoms with Crippen LogP contribution in [0.3, 0.4) is 0 Å². The van der Waals surface area contributed by atoms with Crippen molar-refractivity contribution in [3.05, 3.63) is 40.7 Å². The number of aromatic nitrogens is 1. The molecule has 2 heterocycles. The van der Waals surface area contributed by atoms with Crippen molar-refractivity contribution in [1.29, 1.82) is 0 Å². The lowest BCUT2D eigenvalue weighted by molar-refractivity contribution is -0.151. The summed E-state index contributed by atoms with van der Waals surface area (Å²) in [5.74, 6) is -2.56. The van der Waals surface area contributed by atoms with E-state index in [-0.39, 0.29) is 18.2 Å². The van der Waals surface area contributed by atoms with Gasteiger partial charge >= 0.3 is 5.97 Å². The highest BCUT2D eigenvalue weighted by atomic mass is 32.1. The Labute approximate surface area is 192 Å². The summed E-state index contributed by atoms with van der Waals surface area (Å²) < 4.78 is 0. The van der Waals surface area contributed by atoms with Gasteiger partial charge in [0.1, 0.15) is 6.04 Å². The third-order valence-corrected chi connectivity index (χ3v) is 6.52. The number of nitrogens with zero attached hydrogens (tertiary/aromatic N) is 2. The Morgan fingerprint density at radius 1 is 1.34 bits per heavy atom. The van der Waals surface area contributed by atoms with Crippen LogP contribution in [0.15, 0.2) is 35.2 Å². The van der Waals surface area contributed by atoms with Crippen LogP contribution in [-0.2, 0) is 20.8 Å². The predicted octanol–water partition coefficient (Wildman–Crippen LogP) is 2.71. The normalized spacial score (nSPS) is 18.1. The molecule has 0 bridgehead atoms. The fourth-order valence-electron chi connectivity index (χ4n) is 4.11. The van der Waals surface area contributed by atoms with Gasteiger partial charge in [-0.15, -0.1) is 11.3 Å². The molecule has 0 saturated carbocycles.